The molecular formula is C9H16N4O3S. The van der Waals surface area contributed by atoms with Crippen LogP contribution in [-0.2, 0) is 14.8 Å². The highest BCUT2D eigenvalue weighted by Gasteiger charge is 2.26. The molecule has 0 atom stereocenters. The highest BCUT2D eigenvalue weighted by atomic mass is 32.2. The Hall–Kier alpha value is -1.41. The van der Waals surface area contributed by atoms with Crippen molar-refractivity contribution >= 4 is 15.9 Å². The number of nitrogens with two attached hydrogens (primary N) is 1. The molecule has 1 aromatic heterocycles. The molecule has 0 fully saturated rings. The lowest BCUT2D eigenvalue weighted by Gasteiger charge is -2.19. The SMILES string of the molecule is CCCCN(CC(N)=O)S(=O)(=O)c1cnc[nH]1. The van der Waals surface area contributed by atoms with E-state index >= 15 is 0 Å². The number of carbonyl (C=O) groups is 1. The summed E-state index contributed by atoms with van der Waals surface area (Å²) in [5.74, 6) is -0.677. The number of H-pyrrole nitrogens is 1. The van der Waals surface area contributed by atoms with E-state index in [-0.39, 0.29) is 18.1 Å². The van der Waals surface area contributed by atoms with Crippen LogP contribution in [0.4, 0.5) is 0 Å². The Morgan fingerprint density at radius 1 is 1.59 bits per heavy atom. The van der Waals surface area contributed by atoms with Gasteiger partial charge < -0.3 is 10.7 Å². The molecule has 0 aliphatic rings. The number of nitrogens with one attached hydrogen (secondary N) is 1. The first-order chi connectivity index (χ1) is 7.98. The lowest BCUT2D eigenvalue weighted by molar-refractivity contribution is -0.118. The van der Waals surface area contributed by atoms with Gasteiger partial charge in [0.05, 0.1) is 19.1 Å². The van der Waals surface area contributed by atoms with Crippen LogP contribution in [-0.4, -0.2) is 41.7 Å². The molecule has 1 rings (SSSR count). The van der Waals surface area contributed by atoms with Crippen molar-refractivity contribution < 1.29 is 13.2 Å². The molecule has 0 radical (unpaired) electrons. The van der Waals surface area contributed by atoms with Crippen LogP contribution in [0.1, 0.15) is 19.8 Å². The third-order valence-electron chi connectivity index (χ3n) is 2.18. The number of amides is 1. The fourth-order valence-corrected chi connectivity index (χ4v) is 2.66. The fourth-order valence-electron chi connectivity index (χ4n) is 1.32. The molecule has 17 heavy (non-hydrogen) atoms. The van der Waals surface area contributed by atoms with Crippen molar-refractivity contribution in [2.75, 3.05) is 13.1 Å². The molecule has 1 aromatic rings. The van der Waals surface area contributed by atoms with E-state index in [9.17, 15) is 13.2 Å². The van der Waals surface area contributed by atoms with Crippen LogP contribution in [0.25, 0.3) is 0 Å². The van der Waals surface area contributed by atoms with Gasteiger partial charge in [0.1, 0.15) is 0 Å². The van der Waals surface area contributed by atoms with Crippen LogP contribution in [0.2, 0.25) is 0 Å². The molecule has 0 unspecified atom stereocenters. The predicted molar refractivity (Wildman–Crippen MR) is 61.4 cm³/mol. The molecule has 0 aliphatic heterocycles. The van der Waals surface area contributed by atoms with Crippen molar-refractivity contribution in [2.45, 2.75) is 24.8 Å². The highest BCUT2D eigenvalue weighted by Crippen LogP contribution is 2.12. The number of imidazole rings is 1. The number of rotatable bonds is 7. The van der Waals surface area contributed by atoms with Crippen molar-refractivity contribution in [1.82, 2.24) is 14.3 Å². The summed E-state index contributed by atoms with van der Waals surface area (Å²) in [6, 6.07) is 0. The zero-order valence-electron chi connectivity index (χ0n) is 9.59. The van der Waals surface area contributed by atoms with Gasteiger partial charge in [-0.25, -0.2) is 13.4 Å². The molecule has 7 nitrogen and oxygen atoms in total. The van der Waals surface area contributed by atoms with Crippen LogP contribution >= 0.6 is 0 Å². The summed E-state index contributed by atoms with van der Waals surface area (Å²) in [4.78, 5) is 17.0. The predicted octanol–water partition coefficient (Wildman–Crippen LogP) is -0.314. The van der Waals surface area contributed by atoms with E-state index in [1.165, 1.54) is 12.5 Å². The topological polar surface area (TPSA) is 109 Å². The van der Waals surface area contributed by atoms with Crippen molar-refractivity contribution in [2.24, 2.45) is 5.73 Å². The average molecular weight is 260 g/mol. The maximum absolute atomic E-state index is 12.1. The molecule has 0 saturated heterocycles. The van der Waals surface area contributed by atoms with Gasteiger partial charge in [0.25, 0.3) is 10.0 Å². The van der Waals surface area contributed by atoms with E-state index in [2.05, 4.69) is 9.97 Å². The first-order valence-corrected chi connectivity index (χ1v) is 6.69. The van der Waals surface area contributed by atoms with Gasteiger partial charge in [-0.05, 0) is 6.42 Å². The van der Waals surface area contributed by atoms with Crippen LogP contribution in [0, 0.1) is 0 Å². The molecule has 0 spiro atoms. The molecule has 1 heterocycles. The number of carbonyl (C=O) groups excluding carboxylic acids is 1. The van der Waals surface area contributed by atoms with Gasteiger partial charge in [-0.3, -0.25) is 4.79 Å². The van der Waals surface area contributed by atoms with Crippen molar-refractivity contribution in [3.63, 3.8) is 0 Å². The van der Waals surface area contributed by atoms with Gasteiger partial charge in [0.2, 0.25) is 5.91 Å². The molecular weight excluding hydrogens is 244 g/mol. The fraction of sp³-hybridized carbons (Fsp3) is 0.556. The number of primary amides is 1. The van der Waals surface area contributed by atoms with E-state index < -0.39 is 15.9 Å². The zero-order chi connectivity index (χ0) is 12.9. The van der Waals surface area contributed by atoms with E-state index in [1.54, 1.807) is 0 Å². The maximum atomic E-state index is 12.1. The second kappa shape index (κ2) is 5.78. The van der Waals surface area contributed by atoms with Crippen LogP contribution < -0.4 is 5.73 Å². The maximum Gasteiger partial charge on any atom is 0.260 e. The van der Waals surface area contributed by atoms with E-state index in [0.29, 0.717) is 6.42 Å². The summed E-state index contributed by atoms with van der Waals surface area (Å²) in [6.45, 7) is 1.88. The third-order valence-corrected chi connectivity index (χ3v) is 3.95. The third kappa shape index (κ3) is 3.53. The van der Waals surface area contributed by atoms with E-state index in [4.69, 9.17) is 5.73 Å². The largest absolute Gasteiger partial charge is 0.369 e. The number of nitrogens with zero attached hydrogens (tertiary/aromatic N) is 2. The molecule has 0 aromatic carbocycles. The van der Waals surface area contributed by atoms with Gasteiger partial charge in [0, 0.05) is 6.54 Å². The molecule has 0 saturated carbocycles. The Morgan fingerprint density at radius 2 is 2.29 bits per heavy atom. The average Bonchev–Trinajstić information content (AvgIpc) is 2.77. The van der Waals surface area contributed by atoms with Crippen molar-refractivity contribution in [3.8, 4) is 0 Å². The Labute approximate surface area is 100 Å². The minimum Gasteiger partial charge on any atom is -0.369 e. The number of hydrogen-bond donors (Lipinski definition) is 2. The Bertz CT molecular complexity index is 455. The van der Waals surface area contributed by atoms with E-state index in [1.807, 2.05) is 6.92 Å². The summed E-state index contributed by atoms with van der Waals surface area (Å²) in [7, 11) is -3.71. The second-order valence-electron chi connectivity index (χ2n) is 3.57. The van der Waals surface area contributed by atoms with Gasteiger partial charge >= 0.3 is 0 Å². The minimum absolute atomic E-state index is 0.0325. The molecule has 8 heteroatoms. The molecule has 0 aliphatic carbocycles. The van der Waals surface area contributed by atoms with Crippen molar-refractivity contribution in [3.05, 3.63) is 12.5 Å². The van der Waals surface area contributed by atoms with Gasteiger partial charge in [0.15, 0.2) is 5.03 Å². The first kappa shape index (κ1) is 13.7. The molecule has 1 amide bonds. The number of hydrogen-bond acceptors (Lipinski definition) is 4. The van der Waals surface area contributed by atoms with Crippen LogP contribution in [0.5, 0.6) is 0 Å². The Morgan fingerprint density at radius 3 is 2.76 bits per heavy atom. The lowest BCUT2D eigenvalue weighted by Crippen LogP contribution is -2.39. The van der Waals surface area contributed by atoms with Gasteiger partial charge in [-0.15, -0.1) is 0 Å². The second-order valence-corrected chi connectivity index (χ2v) is 5.48. The van der Waals surface area contributed by atoms with Gasteiger partial charge in [-0.1, -0.05) is 13.3 Å². The number of aromatic nitrogens is 2. The lowest BCUT2D eigenvalue weighted by atomic mass is 10.3. The highest BCUT2D eigenvalue weighted by molar-refractivity contribution is 7.89. The normalized spacial score (nSPS) is 11.9. The van der Waals surface area contributed by atoms with Gasteiger partial charge in [-0.2, -0.15) is 4.31 Å². The quantitative estimate of drug-likeness (QED) is 0.700. The Kier molecular flexibility index (Phi) is 4.64. The van der Waals surface area contributed by atoms with Crippen molar-refractivity contribution in [1.29, 1.82) is 0 Å². The molecule has 96 valence electrons. The standard InChI is InChI=1S/C9H16N4O3S/c1-2-3-4-13(6-8(10)14)17(15,16)9-5-11-7-12-9/h5,7H,2-4,6H2,1H3,(H2,10,14)(H,11,12). The number of aromatic amines is 1. The van der Waals surface area contributed by atoms with Crippen LogP contribution in [0.3, 0.4) is 0 Å². The number of sulfonamides is 1. The summed E-state index contributed by atoms with van der Waals surface area (Å²) in [5, 5.41) is -0.0325. The van der Waals surface area contributed by atoms with E-state index in [0.717, 1.165) is 10.7 Å². The minimum atomic E-state index is -3.71. The van der Waals surface area contributed by atoms with Crippen LogP contribution in [0.15, 0.2) is 17.6 Å². The molecule has 3 N–H and O–H groups in total. The molecule has 0 bridgehead atoms. The number of unbranched alkanes of at least 4 members (excludes halogenated alkanes) is 1. The Balaban J connectivity index is 2.92. The smallest absolute Gasteiger partial charge is 0.260 e. The monoisotopic (exact) mass is 260 g/mol. The summed E-state index contributed by atoms with van der Waals surface area (Å²) in [5.41, 5.74) is 5.04. The zero-order valence-corrected chi connectivity index (χ0v) is 10.4. The summed E-state index contributed by atoms with van der Waals surface area (Å²) >= 11 is 0. The summed E-state index contributed by atoms with van der Waals surface area (Å²) in [6.07, 6.45) is 3.97. The summed E-state index contributed by atoms with van der Waals surface area (Å²) < 4.78 is 25.2. The first-order valence-electron chi connectivity index (χ1n) is 5.25.